The Morgan fingerprint density at radius 1 is 1.29 bits per heavy atom. The van der Waals surface area contributed by atoms with E-state index in [1.807, 2.05) is 23.6 Å². The maximum atomic E-state index is 12.9. The van der Waals surface area contributed by atoms with E-state index in [4.69, 9.17) is 4.74 Å². The molecule has 31 heavy (non-hydrogen) atoms. The molecular weight excluding hydrogens is 408 g/mol. The van der Waals surface area contributed by atoms with Gasteiger partial charge in [0.2, 0.25) is 0 Å². The van der Waals surface area contributed by atoms with Gasteiger partial charge in [0.15, 0.2) is 5.13 Å². The number of carbonyl (C=O) groups is 1. The number of aromatic amines is 1. The summed E-state index contributed by atoms with van der Waals surface area (Å²) >= 11 is 1.48. The Labute approximate surface area is 187 Å². The summed E-state index contributed by atoms with van der Waals surface area (Å²) in [6.07, 6.45) is 3.86. The monoisotopic (exact) mass is 438 g/mol. The molecule has 1 amide bonds. The van der Waals surface area contributed by atoms with Crippen molar-refractivity contribution >= 4 is 33.3 Å². The van der Waals surface area contributed by atoms with Crippen LogP contribution in [0.4, 0.5) is 5.13 Å². The topological polar surface area (TPSA) is 70.2 Å². The highest BCUT2D eigenvalue weighted by molar-refractivity contribution is 7.14. The van der Waals surface area contributed by atoms with Crippen molar-refractivity contribution in [2.24, 2.45) is 5.92 Å². The predicted molar refractivity (Wildman–Crippen MR) is 125 cm³/mol. The van der Waals surface area contributed by atoms with Crippen molar-refractivity contribution < 1.29 is 9.53 Å². The van der Waals surface area contributed by atoms with Gasteiger partial charge in [-0.15, -0.1) is 11.3 Å². The normalized spacial score (nSPS) is 24.3. The summed E-state index contributed by atoms with van der Waals surface area (Å²) in [6.45, 7) is 9.11. The second-order valence-corrected chi connectivity index (χ2v) is 10.1. The molecule has 0 bridgehead atoms. The largest absolute Gasteiger partial charge is 0.373 e. The molecule has 5 rings (SSSR count). The number of nitrogens with zero attached hydrogens (tertiary/aromatic N) is 2. The zero-order valence-corrected chi connectivity index (χ0v) is 19.2. The Hall–Kier alpha value is -2.22. The highest BCUT2D eigenvalue weighted by Gasteiger charge is 2.23. The molecular formula is C24H30N4O2S. The molecule has 6 nitrogen and oxygen atoms in total. The van der Waals surface area contributed by atoms with Gasteiger partial charge in [0.1, 0.15) is 0 Å². The van der Waals surface area contributed by atoms with E-state index in [0.29, 0.717) is 16.6 Å². The highest BCUT2D eigenvalue weighted by Crippen LogP contribution is 2.32. The van der Waals surface area contributed by atoms with Gasteiger partial charge in [-0.25, -0.2) is 4.98 Å². The lowest BCUT2D eigenvalue weighted by atomic mass is 9.87. The number of ether oxygens (including phenoxy) is 1. The number of fused-ring (bicyclic) bond motifs is 3. The van der Waals surface area contributed by atoms with Gasteiger partial charge in [-0.05, 0) is 62.8 Å². The lowest BCUT2D eigenvalue weighted by molar-refractivity contribution is -0.0707. The molecule has 1 saturated heterocycles. The number of hydrogen-bond acceptors (Lipinski definition) is 5. The number of H-pyrrole nitrogens is 1. The second kappa shape index (κ2) is 8.37. The number of hydrogen-bond donors (Lipinski definition) is 2. The first-order valence-electron chi connectivity index (χ1n) is 11.2. The molecule has 2 aromatic heterocycles. The van der Waals surface area contributed by atoms with Crippen LogP contribution >= 0.6 is 11.3 Å². The third kappa shape index (κ3) is 4.40. The van der Waals surface area contributed by atoms with Crippen LogP contribution in [0, 0.1) is 5.92 Å². The molecule has 1 aromatic carbocycles. The molecule has 3 atom stereocenters. The first kappa shape index (κ1) is 20.7. The van der Waals surface area contributed by atoms with Crippen LogP contribution in [-0.4, -0.2) is 46.1 Å². The van der Waals surface area contributed by atoms with E-state index >= 15 is 0 Å². The Morgan fingerprint density at radius 3 is 2.90 bits per heavy atom. The summed E-state index contributed by atoms with van der Waals surface area (Å²) < 4.78 is 5.81. The fourth-order valence-corrected chi connectivity index (χ4v) is 5.68. The van der Waals surface area contributed by atoms with E-state index in [0.717, 1.165) is 43.7 Å². The van der Waals surface area contributed by atoms with Crippen molar-refractivity contribution in [3.63, 3.8) is 0 Å². The minimum Gasteiger partial charge on any atom is -0.373 e. The van der Waals surface area contributed by atoms with Crippen LogP contribution in [0.15, 0.2) is 23.6 Å². The summed E-state index contributed by atoms with van der Waals surface area (Å²) in [5.74, 6) is 0.588. The van der Waals surface area contributed by atoms with E-state index in [2.05, 4.69) is 41.0 Å². The van der Waals surface area contributed by atoms with Crippen LogP contribution < -0.4 is 5.32 Å². The van der Waals surface area contributed by atoms with Gasteiger partial charge in [-0.1, -0.05) is 6.92 Å². The van der Waals surface area contributed by atoms with Gasteiger partial charge in [0, 0.05) is 47.2 Å². The fraction of sp³-hybridized carbons (Fsp3) is 0.500. The Kier molecular flexibility index (Phi) is 5.58. The maximum Gasteiger partial charge on any atom is 0.257 e. The molecule has 164 valence electrons. The van der Waals surface area contributed by atoms with Crippen molar-refractivity contribution in [1.29, 1.82) is 0 Å². The van der Waals surface area contributed by atoms with Crippen molar-refractivity contribution in [2.75, 3.05) is 18.4 Å². The number of carbonyl (C=O) groups excluding carboxylic acids is 1. The molecule has 1 fully saturated rings. The standard InChI is InChI=1S/C24H30N4O2S/c1-14-4-6-21-19(8-14)20-9-17(5-7-22(20)26-21)23(29)27-24-25-18(13-31-24)12-28-10-15(2)30-16(3)11-28/h5,7,9,13-16,26H,4,6,8,10-12H2,1-3H3,(H,25,27,29). The molecule has 0 saturated carbocycles. The summed E-state index contributed by atoms with van der Waals surface area (Å²) in [6, 6.07) is 5.96. The summed E-state index contributed by atoms with van der Waals surface area (Å²) in [7, 11) is 0. The van der Waals surface area contributed by atoms with Crippen LogP contribution in [0.5, 0.6) is 0 Å². The van der Waals surface area contributed by atoms with E-state index in [1.54, 1.807) is 0 Å². The average molecular weight is 439 g/mol. The zero-order chi connectivity index (χ0) is 21.5. The van der Waals surface area contributed by atoms with Crippen LogP contribution in [0.25, 0.3) is 10.9 Å². The molecule has 1 aliphatic carbocycles. The third-order valence-electron chi connectivity index (χ3n) is 6.35. The van der Waals surface area contributed by atoms with Crippen molar-refractivity contribution in [3.05, 3.63) is 46.1 Å². The molecule has 0 spiro atoms. The number of amides is 1. The van der Waals surface area contributed by atoms with Crippen molar-refractivity contribution in [3.8, 4) is 0 Å². The third-order valence-corrected chi connectivity index (χ3v) is 7.16. The molecule has 0 radical (unpaired) electrons. The number of morpholine rings is 1. The SMILES string of the molecule is CC1CCc2[nH]c3ccc(C(=O)Nc4nc(CN5CC(C)OC(C)C5)cs4)cc3c2C1. The second-order valence-electron chi connectivity index (χ2n) is 9.24. The van der Waals surface area contributed by atoms with Crippen LogP contribution in [-0.2, 0) is 24.1 Å². The van der Waals surface area contributed by atoms with E-state index in [-0.39, 0.29) is 18.1 Å². The van der Waals surface area contributed by atoms with E-state index < -0.39 is 0 Å². The number of aromatic nitrogens is 2. The van der Waals surface area contributed by atoms with Gasteiger partial charge in [-0.2, -0.15) is 0 Å². The maximum absolute atomic E-state index is 12.9. The summed E-state index contributed by atoms with van der Waals surface area (Å²) in [5.41, 5.74) is 5.52. The zero-order valence-electron chi connectivity index (χ0n) is 18.4. The number of thiazole rings is 1. The predicted octanol–water partition coefficient (Wildman–Crippen LogP) is 4.61. The van der Waals surface area contributed by atoms with Crippen molar-refractivity contribution in [1.82, 2.24) is 14.9 Å². The fourth-order valence-electron chi connectivity index (χ4n) is 4.98. The number of nitrogens with one attached hydrogen (secondary N) is 2. The van der Waals surface area contributed by atoms with Gasteiger partial charge >= 0.3 is 0 Å². The van der Waals surface area contributed by atoms with E-state index in [9.17, 15) is 4.79 Å². The number of rotatable bonds is 4. The summed E-state index contributed by atoms with van der Waals surface area (Å²) in [5, 5.41) is 6.87. The van der Waals surface area contributed by atoms with Gasteiger partial charge in [0.05, 0.1) is 17.9 Å². The molecule has 3 unspecified atom stereocenters. The Bertz CT molecular complexity index is 1090. The minimum atomic E-state index is -0.102. The highest BCUT2D eigenvalue weighted by atomic mass is 32.1. The number of aryl methyl sites for hydroxylation is 1. The number of benzene rings is 1. The van der Waals surface area contributed by atoms with Crippen LogP contribution in [0.1, 0.15) is 54.5 Å². The lowest BCUT2D eigenvalue weighted by Gasteiger charge is -2.34. The van der Waals surface area contributed by atoms with Crippen LogP contribution in [0.2, 0.25) is 0 Å². The molecule has 2 aliphatic rings. The molecule has 7 heteroatoms. The minimum absolute atomic E-state index is 0.102. The molecule has 1 aliphatic heterocycles. The number of anilines is 1. The average Bonchev–Trinajstić information content (AvgIpc) is 3.30. The lowest BCUT2D eigenvalue weighted by Crippen LogP contribution is -2.44. The first-order valence-corrected chi connectivity index (χ1v) is 12.1. The summed E-state index contributed by atoms with van der Waals surface area (Å²) in [4.78, 5) is 23.5. The van der Waals surface area contributed by atoms with Crippen molar-refractivity contribution in [2.45, 2.75) is 58.8 Å². The smallest absolute Gasteiger partial charge is 0.257 e. The van der Waals surface area contributed by atoms with Gasteiger partial charge in [0.25, 0.3) is 5.91 Å². The first-order chi connectivity index (χ1) is 14.9. The van der Waals surface area contributed by atoms with Gasteiger partial charge in [-0.3, -0.25) is 15.0 Å². The molecule has 3 heterocycles. The van der Waals surface area contributed by atoms with Gasteiger partial charge < -0.3 is 9.72 Å². The quantitative estimate of drug-likeness (QED) is 0.624. The molecule has 2 N–H and O–H groups in total. The van der Waals surface area contributed by atoms with E-state index in [1.165, 1.54) is 34.4 Å². The Balaban J connectivity index is 1.28. The van der Waals surface area contributed by atoms with Crippen LogP contribution in [0.3, 0.4) is 0 Å². The molecule has 3 aromatic rings. The Morgan fingerprint density at radius 2 is 2.10 bits per heavy atom.